The summed E-state index contributed by atoms with van der Waals surface area (Å²) in [5, 5.41) is 0.835. The van der Waals surface area contributed by atoms with E-state index in [1.165, 1.54) is 0 Å². The summed E-state index contributed by atoms with van der Waals surface area (Å²) in [7, 11) is 1.55. The topological polar surface area (TPSA) is 48.4 Å². The van der Waals surface area contributed by atoms with E-state index in [2.05, 4.69) is 4.98 Å². The van der Waals surface area contributed by atoms with Crippen LogP contribution in [-0.2, 0) is 4.74 Å². The van der Waals surface area contributed by atoms with Crippen LogP contribution >= 0.6 is 23.2 Å². The molecule has 0 bridgehead atoms. The van der Waals surface area contributed by atoms with Crippen molar-refractivity contribution in [1.82, 2.24) is 4.98 Å². The summed E-state index contributed by atoms with van der Waals surface area (Å²) in [6.45, 7) is 1.94. The maximum atomic E-state index is 11.8. The smallest absolute Gasteiger partial charge is 0.342 e. The number of halogens is 2. The average molecular weight is 300 g/mol. The predicted molar refractivity (Wildman–Crippen MR) is 74.3 cm³/mol. The normalized spacial score (nSPS) is 10.5. The lowest BCUT2D eigenvalue weighted by Gasteiger charge is -2.09. The van der Waals surface area contributed by atoms with Crippen LogP contribution in [0, 0.1) is 0 Å². The van der Waals surface area contributed by atoms with Crippen molar-refractivity contribution in [2.45, 2.75) is 6.92 Å². The number of hydrogen-bond donors (Lipinski definition) is 0. The Balaban J connectivity index is 2.68. The molecule has 0 aliphatic rings. The van der Waals surface area contributed by atoms with Crippen LogP contribution in [0.4, 0.5) is 0 Å². The van der Waals surface area contributed by atoms with E-state index in [-0.39, 0.29) is 22.3 Å². The number of fused-ring (bicyclic) bond motifs is 1. The number of carbonyl (C=O) groups excluding carboxylic acids is 1. The van der Waals surface area contributed by atoms with E-state index in [9.17, 15) is 4.79 Å². The third-order valence-corrected chi connectivity index (χ3v) is 3.23. The number of carbonyl (C=O) groups is 1. The van der Waals surface area contributed by atoms with Gasteiger partial charge in [0, 0.05) is 5.39 Å². The lowest BCUT2D eigenvalue weighted by Crippen LogP contribution is -2.07. The third kappa shape index (κ3) is 2.60. The van der Waals surface area contributed by atoms with Gasteiger partial charge in [0.25, 0.3) is 0 Å². The van der Waals surface area contributed by atoms with Crippen molar-refractivity contribution in [3.8, 4) is 5.75 Å². The van der Waals surface area contributed by atoms with Crippen LogP contribution in [-0.4, -0.2) is 24.7 Å². The fourth-order valence-electron chi connectivity index (χ4n) is 1.68. The lowest BCUT2D eigenvalue weighted by molar-refractivity contribution is 0.0526. The Bertz CT molecular complexity index is 643. The Labute approximate surface area is 120 Å². The van der Waals surface area contributed by atoms with E-state index < -0.39 is 5.97 Å². The van der Waals surface area contributed by atoms with Gasteiger partial charge in [-0.1, -0.05) is 23.2 Å². The van der Waals surface area contributed by atoms with Crippen molar-refractivity contribution < 1.29 is 14.3 Å². The zero-order valence-corrected chi connectivity index (χ0v) is 11.9. The third-order valence-electron chi connectivity index (χ3n) is 2.56. The first-order chi connectivity index (χ1) is 9.08. The molecule has 2 aromatic rings. The van der Waals surface area contributed by atoms with Crippen LogP contribution in [0.5, 0.6) is 5.75 Å². The fraction of sp³-hybridized carbons (Fsp3) is 0.231. The minimum Gasteiger partial charge on any atom is -0.497 e. The van der Waals surface area contributed by atoms with Gasteiger partial charge in [-0.15, -0.1) is 0 Å². The zero-order chi connectivity index (χ0) is 14.0. The molecule has 2 rings (SSSR count). The monoisotopic (exact) mass is 299 g/mol. The molecular formula is C13H11Cl2NO3. The second-order valence-electron chi connectivity index (χ2n) is 3.70. The first kappa shape index (κ1) is 13.9. The maximum absolute atomic E-state index is 11.8. The van der Waals surface area contributed by atoms with E-state index in [0.29, 0.717) is 16.7 Å². The molecular weight excluding hydrogens is 289 g/mol. The molecule has 100 valence electrons. The average Bonchev–Trinajstić information content (AvgIpc) is 2.38. The van der Waals surface area contributed by atoms with Crippen LogP contribution in [0.25, 0.3) is 10.9 Å². The highest BCUT2D eigenvalue weighted by Gasteiger charge is 2.20. The highest BCUT2D eigenvalue weighted by atomic mass is 35.5. The highest BCUT2D eigenvalue weighted by Crippen LogP contribution is 2.33. The molecule has 0 saturated carbocycles. The van der Waals surface area contributed by atoms with Crippen molar-refractivity contribution in [2.75, 3.05) is 13.7 Å². The summed E-state index contributed by atoms with van der Waals surface area (Å²) in [5.74, 6) is 0.0306. The van der Waals surface area contributed by atoms with Crippen molar-refractivity contribution in [3.05, 3.63) is 33.9 Å². The number of pyridine rings is 1. The molecule has 0 amide bonds. The standard InChI is InChI=1S/C13H11Cl2NO3/c1-3-19-13(17)10-11(14)8-6-7(18-2)4-5-9(8)16-12(10)15/h4-6H,3H2,1-2H3. The number of ether oxygens (including phenoxy) is 2. The van der Waals surface area contributed by atoms with E-state index in [4.69, 9.17) is 32.7 Å². The molecule has 19 heavy (non-hydrogen) atoms. The van der Waals surface area contributed by atoms with E-state index >= 15 is 0 Å². The summed E-state index contributed by atoms with van der Waals surface area (Å²) in [4.78, 5) is 16.0. The summed E-state index contributed by atoms with van der Waals surface area (Å²) in [5.41, 5.74) is 0.662. The summed E-state index contributed by atoms with van der Waals surface area (Å²) in [6, 6.07) is 5.16. The molecule has 1 aromatic carbocycles. The Hall–Kier alpha value is -1.52. The van der Waals surface area contributed by atoms with Crippen LogP contribution in [0.3, 0.4) is 0 Å². The fourth-order valence-corrected chi connectivity index (χ4v) is 2.31. The van der Waals surface area contributed by atoms with Crippen molar-refractivity contribution >= 4 is 40.1 Å². The minimum absolute atomic E-state index is 0.0288. The molecule has 4 nitrogen and oxygen atoms in total. The molecule has 0 aliphatic carbocycles. The summed E-state index contributed by atoms with van der Waals surface area (Å²) < 4.78 is 10.0. The summed E-state index contributed by atoms with van der Waals surface area (Å²) >= 11 is 12.2. The first-order valence-corrected chi connectivity index (χ1v) is 6.34. The maximum Gasteiger partial charge on any atom is 0.342 e. The highest BCUT2D eigenvalue weighted by molar-refractivity contribution is 6.42. The van der Waals surface area contributed by atoms with E-state index in [1.807, 2.05) is 0 Å². The van der Waals surface area contributed by atoms with Gasteiger partial charge in [0.2, 0.25) is 0 Å². The van der Waals surface area contributed by atoms with Crippen molar-refractivity contribution in [3.63, 3.8) is 0 Å². The van der Waals surface area contributed by atoms with Gasteiger partial charge in [0.05, 0.1) is 24.3 Å². The lowest BCUT2D eigenvalue weighted by atomic mass is 10.1. The second-order valence-corrected chi connectivity index (χ2v) is 4.43. The van der Waals surface area contributed by atoms with Crippen LogP contribution < -0.4 is 4.74 Å². The molecule has 1 aromatic heterocycles. The van der Waals surface area contributed by atoms with E-state index in [0.717, 1.165) is 0 Å². The van der Waals surface area contributed by atoms with Gasteiger partial charge in [-0.25, -0.2) is 9.78 Å². The molecule has 1 heterocycles. The molecule has 0 aliphatic heterocycles. The zero-order valence-electron chi connectivity index (χ0n) is 10.4. The van der Waals surface area contributed by atoms with Gasteiger partial charge >= 0.3 is 5.97 Å². The molecule has 0 unspecified atom stereocenters. The largest absolute Gasteiger partial charge is 0.497 e. The number of rotatable bonds is 3. The number of hydrogen-bond acceptors (Lipinski definition) is 4. The number of esters is 1. The van der Waals surface area contributed by atoms with Crippen LogP contribution in [0.1, 0.15) is 17.3 Å². The minimum atomic E-state index is -0.588. The quantitative estimate of drug-likeness (QED) is 0.640. The van der Waals surface area contributed by atoms with Gasteiger partial charge in [0.1, 0.15) is 16.5 Å². The predicted octanol–water partition coefficient (Wildman–Crippen LogP) is 3.73. The Kier molecular flexibility index (Phi) is 4.12. The number of nitrogens with zero attached hydrogens (tertiary/aromatic N) is 1. The second kappa shape index (κ2) is 5.63. The first-order valence-electron chi connectivity index (χ1n) is 5.58. The van der Waals surface area contributed by atoms with E-state index in [1.54, 1.807) is 32.2 Å². The summed E-state index contributed by atoms with van der Waals surface area (Å²) in [6.07, 6.45) is 0. The Morgan fingerprint density at radius 1 is 1.37 bits per heavy atom. The number of methoxy groups -OCH3 is 1. The molecule has 0 radical (unpaired) electrons. The van der Waals surface area contributed by atoms with Gasteiger partial charge in [-0.3, -0.25) is 0 Å². The molecule has 0 saturated heterocycles. The number of benzene rings is 1. The molecule has 0 N–H and O–H groups in total. The number of aromatic nitrogens is 1. The Morgan fingerprint density at radius 2 is 2.11 bits per heavy atom. The van der Waals surface area contributed by atoms with Gasteiger partial charge < -0.3 is 9.47 Å². The SMILES string of the molecule is CCOC(=O)c1c(Cl)nc2ccc(OC)cc2c1Cl. The van der Waals surface area contributed by atoms with Gasteiger partial charge in [-0.2, -0.15) is 0 Å². The molecule has 6 heteroatoms. The Morgan fingerprint density at radius 3 is 2.74 bits per heavy atom. The molecule has 0 atom stereocenters. The van der Waals surface area contributed by atoms with Gasteiger partial charge in [0.15, 0.2) is 0 Å². The van der Waals surface area contributed by atoms with Crippen LogP contribution in [0.15, 0.2) is 18.2 Å². The van der Waals surface area contributed by atoms with Crippen LogP contribution in [0.2, 0.25) is 10.2 Å². The molecule has 0 spiro atoms. The van der Waals surface area contributed by atoms with Crippen molar-refractivity contribution in [1.29, 1.82) is 0 Å². The molecule has 0 fully saturated rings. The van der Waals surface area contributed by atoms with Crippen molar-refractivity contribution in [2.24, 2.45) is 0 Å². The van der Waals surface area contributed by atoms with Gasteiger partial charge in [-0.05, 0) is 25.1 Å².